The number of aliphatic hydroxyl groups excluding tert-OH is 2. The van der Waals surface area contributed by atoms with Crippen LogP contribution in [0.1, 0.15) is 187 Å². The molecule has 414 valence electrons. The molecule has 0 bridgehead atoms. The molecule has 28 heteroatoms. The number of aliphatic hydroxyl groups is 2. The molecule has 0 spiro atoms. The second kappa shape index (κ2) is 37.1. The first kappa shape index (κ1) is 67.3. The minimum Gasteiger partial charge on any atom is -0.462 e. The number of phosphoric acid groups is 4. The Hall–Kier alpha value is -0.680. The number of unbranched alkanes of at least 4 members (excludes halogenated alkanes) is 21. The lowest BCUT2D eigenvalue weighted by Gasteiger charge is -2.45. The van der Waals surface area contributed by atoms with E-state index in [1.807, 2.05) is 6.92 Å². The number of hydrogen-bond acceptors (Lipinski definition) is 17. The van der Waals surface area contributed by atoms with Gasteiger partial charge in [0.05, 0.1) is 6.61 Å². The summed E-state index contributed by atoms with van der Waals surface area (Å²) in [5.74, 6) is -0.565. The molecule has 0 saturated heterocycles. The van der Waals surface area contributed by atoms with E-state index < -0.39 is 99.2 Å². The van der Waals surface area contributed by atoms with E-state index in [0.717, 1.165) is 102 Å². The highest BCUT2D eigenvalue weighted by atomic mass is 32.2. The van der Waals surface area contributed by atoms with Gasteiger partial charge in [0.25, 0.3) is 0 Å². The number of phosphoric ester groups is 4. The van der Waals surface area contributed by atoms with Crippen molar-refractivity contribution >= 4 is 60.1 Å². The van der Waals surface area contributed by atoms with Crippen molar-refractivity contribution in [1.29, 1.82) is 0 Å². The average Bonchev–Trinajstić information content (AvgIpc) is 3.25. The van der Waals surface area contributed by atoms with Gasteiger partial charge in [-0.15, -0.1) is 0 Å². The maximum absolute atomic E-state index is 13.3. The van der Waals surface area contributed by atoms with E-state index in [4.69, 9.17) is 18.5 Å². The first-order valence-corrected chi connectivity index (χ1v) is 31.7. The zero-order valence-electron chi connectivity index (χ0n) is 40.7. The van der Waals surface area contributed by atoms with Crippen LogP contribution in [-0.2, 0) is 64.7 Å². The van der Waals surface area contributed by atoms with Crippen LogP contribution in [0.25, 0.3) is 0 Å². The molecule has 0 aromatic rings. The molecule has 70 heavy (non-hydrogen) atoms. The molecule has 1 saturated carbocycles. The quantitative estimate of drug-likeness (QED) is 0.0159. The number of hydrogen-bond donors (Lipinski definition) is 9. The lowest BCUT2D eigenvalue weighted by atomic mass is 9.85. The van der Waals surface area contributed by atoms with Gasteiger partial charge in [-0.1, -0.05) is 154 Å². The summed E-state index contributed by atoms with van der Waals surface area (Å²) >= 11 is 1.41. The van der Waals surface area contributed by atoms with Crippen LogP contribution in [0, 0.1) is 0 Å². The Morgan fingerprint density at radius 1 is 0.457 bits per heavy atom. The van der Waals surface area contributed by atoms with E-state index in [0.29, 0.717) is 19.3 Å². The van der Waals surface area contributed by atoms with Crippen LogP contribution < -0.4 is 0 Å². The molecule has 0 amide bonds. The minimum absolute atomic E-state index is 0.0146. The maximum atomic E-state index is 13.3. The largest absolute Gasteiger partial charge is 0.472 e. The average molecular weight is 1110 g/mol. The summed E-state index contributed by atoms with van der Waals surface area (Å²) in [5, 5.41) is 22.1. The van der Waals surface area contributed by atoms with E-state index >= 15 is 0 Å². The van der Waals surface area contributed by atoms with E-state index in [1.165, 1.54) is 56.7 Å². The predicted octanol–water partition coefficient (Wildman–Crippen LogP) is 7.95. The highest BCUT2D eigenvalue weighted by Crippen LogP contribution is 2.53. The second-order valence-electron chi connectivity index (χ2n) is 17.5. The van der Waals surface area contributed by atoms with Crippen LogP contribution in [0.2, 0.25) is 0 Å². The van der Waals surface area contributed by atoms with Crippen molar-refractivity contribution in [3.8, 4) is 0 Å². The molecule has 0 radical (unpaired) electrons. The van der Waals surface area contributed by atoms with Gasteiger partial charge < -0.3 is 53.9 Å². The van der Waals surface area contributed by atoms with Gasteiger partial charge in [0.1, 0.15) is 43.2 Å². The van der Waals surface area contributed by atoms with Gasteiger partial charge in [-0.2, -0.15) is 0 Å². The second-order valence-corrected chi connectivity index (χ2v) is 23.7. The topological polar surface area (TPSA) is 366 Å². The molecule has 0 aliphatic heterocycles. The van der Waals surface area contributed by atoms with Crippen molar-refractivity contribution in [2.75, 3.05) is 19.0 Å². The van der Waals surface area contributed by atoms with Gasteiger partial charge in [-0.25, -0.2) is 18.3 Å². The van der Waals surface area contributed by atoms with Crippen molar-refractivity contribution in [2.45, 2.75) is 230 Å². The van der Waals surface area contributed by atoms with Crippen LogP contribution in [0.5, 0.6) is 0 Å². The maximum Gasteiger partial charge on any atom is 0.472 e. The van der Waals surface area contributed by atoms with Gasteiger partial charge in [0.15, 0.2) is 11.2 Å². The molecule has 1 aliphatic rings. The van der Waals surface area contributed by atoms with Crippen LogP contribution in [0.3, 0.4) is 0 Å². The highest BCUT2D eigenvalue weighted by Gasteiger charge is 2.59. The first-order chi connectivity index (χ1) is 32.9. The summed E-state index contributed by atoms with van der Waals surface area (Å²) < 4.78 is 82.1. The Morgan fingerprint density at radius 3 is 1.26 bits per heavy atom. The molecular weight excluding hydrogens is 1030 g/mol. The Kier molecular flexibility index (Phi) is 35.7. The zero-order chi connectivity index (χ0) is 52.6. The SMILES string of the molecule is CCCCCCCCCCCCCCCC(=O)O[C@H](COC(=O)CCCCCCCCCCCCSC(=O)CCC)COP(=O)(O)OC1C(O)[C@@H](OP(=O)(O)O)C(OP(=O)(O)O)[C@@H](OP(=O)(O)O)[C@H]1O. The normalized spacial score (nSPS) is 21.3. The molecule has 1 fully saturated rings. The number of esters is 2. The van der Waals surface area contributed by atoms with E-state index in [9.17, 15) is 77.1 Å². The third-order valence-corrected chi connectivity index (χ3v) is 14.7. The third-order valence-electron chi connectivity index (χ3n) is 11.2. The van der Waals surface area contributed by atoms with Crippen molar-refractivity contribution in [1.82, 2.24) is 0 Å². The number of thioether (sulfide) groups is 1. The summed E-state index contributed by atoms with van der Waals surface area (Å²) in [6.07, 6.45) is 6.92. The van der Waals surface area contributed by atoms with Crippen LogP contribution >= 0.6 is 43.1 Å². The van der Waals surface area contributed by atoms with Gasteiger partial charge >= 0.3 is 43.2 Å². The van der Waals surface area contributed by atoms with Crippen LogP contribution in [0.4, 0.5) is 0 Å². The van der Waals surface area contributed by atoms with E-state index in [-0.39, 0.29) is 18.0 Å². The van der Waals surface area contributed by atoms with Gasteiger partial charge in [-0.3, -0.25) is 37.0 Å². The van der Waals surface area contributed by atoms with Gasteiger partial charge in [0.2, 0.25) is 0 Å². The summed E-state index contributed by atoms with van der Waals surface area (Å²) in [5.41, 5.74) is 0. The Balaban J connectivity index is 2.87. The molecule has 4 unspecified atom stereocenters. The number of carbonyl (C=O) groups is 3. The standard InChI is InChI=1S/C42H82O23P4S/c1-3-5-6-7-8-9-10-11-12-16-19-22-25-29-35(44)61-33(31-59-34(43)28-24-21-18-15-13-14-17-20-23-26-30-70-36(45)27-4-2)32-60-69(57,58)65-39-37(46)40(62-66(48,49)50)42(64-68(54,55)56)41(38(39)47)63-67(51,52)53/h33,37-42,46-47H,3-32H2,1-2H3,(H,57,58)(H2,48,49,50)(H2,51,52,53)(H2,54,55,56)/t33-,37+,38?,39?,40+,41-,42?/m1/s1. The fourth-order valence-electron chi connectivity index (χ4n) is 7.63. The number of ether oxygens (including phenoxy) is 2. The monoisotopic (exact) mass is 1110 g/mol. The summed E-state index contributed by atoms with van der Waals surface area (Å²) in [6, 6.07) is 0. The summed E-state index contributed by atoms with van der Waals surface area (Å²) in [6.45, 7) is 2.51. The first-order valence-electron chi connectivity index (χ1n) is 24.6. The number of rotatable bonds is 43. The van der Waals surface area contributed by atoms with Crippen molar-refractivity contribution in [3.63, 3.8) is 0 Å². The van der Waals surface area contributed by atoms with Crippen molar-refractivity contribution in [3.05, 3.63) is 0 Å². The third kappa shape index (κ3) is 34.7. The Morgan fingerprint density at radius 2 is 0.843 bits per heavy atom. The molecule has 0 heterocycles. The molecule has 0 aromatic carbocycles. The molecule has 8 atom stereocenters. The molecule has 1 aliphatic carbocycles. The Bertz CT molecular complexity index is 1610. The van der Waals surface area contributed by atoms with E-state index in [2.05, 4.69) is 20.5 Å². The molecule has 9 N–H and O–H groups in total. The predicted molar refractivity (Wildman–Crippen MR) is 258 cm³/mol. The summed E-state index contributed by atoms with van der Waals surface area (Å²) in [4.78, 5) is 104. The lowest BCUT2D eigenvalue weighted by molar-refractivity contribution is -0.209. The molecule has 23 nitrogen and oxygen atoms in total. The minimum atomic E-state index is -5.79. The molecule has 0 aromatic heterocycles. The fraction of sp³-hybridized carbons (Fsp3) is 0.929. The van der Waals surface area contributed by atoms with Crippen molar-refractivity contribution < 1.29 is 109 Å². The summed E-state index contributed by atoms with van der Waals surface area (Å²) in [7, 11) is -23.0. The Labute approximate surface area is 416 Å². The zero-order valence-corrected chi connectivity index (χ0v) is 45.1. The van der Waals surface area contributed by atoms with Crippen molar-refractivity contribution in [2.24, 2.45) is 0 Å². The molecular formula is C42H82O23P4S. The lowest BCUT2D eigenvalue weighted by Crippen LogP contribution is -2.65. The number of carbonyl (C=O) groups excluding carboxylic acids is 3. The fourth-order valence-corrected chi connectivity index (χ4v) is 11.2. The van der Waals surface area contributed by atoms with Gasteiger partial charge in [0, 0.05) is 25.0 Å². The smallest absolute Gasteiger partial charge is 0.462 e. The highest BCUT2D eigenvalue weighted by molar-refractivity contribution is 8.13. The molecule has 1 rings (SSSR count). The van der Waals surface area contributed by atoms with Crippen LogP contribution in [0.15, 0.2) is 0 Å². The van der Waals surface area contributed by atoms with Gasteiger partial charge in [-0.05, 0) is 25.7 Å². The van der Waals surface area contributed by atoms with Crippen LogP contribution in [-0.4, -0.2) is 123 Å². The van der Waals surface area contributed by atoms with E-state index in [1.54, 1.807) is 0 Å².